The van der Waals surface area contributed by atoms with Crippen LogP contribution in [0, 0.1) is 6.92 Å². The molecule has 1 rings (SSSR count). The number of carboxylic acid groups (broad SMARTS) is 1. The Kier molecular flexibility index (Phi) is 4.05. The minimum absolute atomic E-state index is 0.0626. The maximum atomic E-state index is 12.0. The van der Waals surface area contributed by atoms with E-state index in [9.17, 15) is 13.2 Å². The summed E-state index contributed by atoms with van der Waals surface area (Å²) in [4.78, 5) is 10.8. The molecule has 0 saturated carbocycles. The van der Waals surface area contributed by atoms with Gasteiger partial charge < -0.3 is 5.11 Å². The van der Waals surface area contributed by atoms with Crippen molar-refractivity contribution in [3.05, 3.63) is 28.8 Å². The van der Waals surface area contributed by atoms with E-state index in [1.54, 1.807) is 13.0 Å². The summed E-state index contributed by atoms with van der Waals surface area (Å²) in [7, 11) is -3.92. The Balaban J connectivity index is 3.15. The second kappa shape index (κ2) is 4.87. The lowest BCUT2D eigenvalue weighted by Gasteiger charge is -2.21. The molecular formula is C11H14ClNO4S. The van der Waals surface area contributed by atoms with Gasteiger partial charge in [0.2, 0.25) is 10.0 Å². The van der Waals surface area contributed by atoms with Gasteiger partial charge in [-0.2, -0.15) is 4.72 Å². The highest BCUT2D eigenvalue weighted by Gasteiger charge is 2.33. The monoisotopic (exact) mass is 291 g/mol. The maximum absolute atomic E-state index is 12.0. The molecule has 5 nitrogen and oxygen atoms in total. The molecule has 0 fully saturated rings. The van der Waals surface area contributed by atoms with Crippen molar-refractivity contribution in [2.24, 2.45) is 0 Å². The van der Waals surface area contributed by atoms with Gasteiger partial charge in [0.05, 0.1) is 4.90 Å². The zero-order chi connectivity index (χ0) is 14.1. The molecule has 0 saturated heterocycles. The fraction of sp³-hybridized carbons (Fsp3) is 0.364. The lowest BCUT2D eigenvalue weighted by Crippen LogP contribution is -2.49. The van der Waals surface area contributed by atoms with Gasteiger partial charge in [-0.15, -0.1) is 0 Å². The second-order valence-corrected chi connectivity index (χ2v) is 6.54. The van der Waals surface area contributed by atoms with Crippen molar-refractivity contribution in [1.29, 1.82) is 0 Å². The molecule has 1 aromatic rings. The molecule has 7 heteroatoms. The van der Waals surface area contributed by atoms with Crippen LogP contribution >= 0.6 is 11.6 Å². The van der Waals surface area contributed by atoms with E-state index in [0.29, 0.717) is 5.02 Å². The molecule has 0 aliphatic rings. The van der Waals surface area contributed by atoms with Crippen molar-refractivity contribution in [1.82, 2.24) is 4.72 Å². The standard InChI is InChI=1S/C11H14ClNO4S/c1-7-4-5-8(6-9(7)12)18(16,17)13-11(2,3)10(14)15/h4-6,13H,1-3H3,(H,14,15). The zero-order valence-corrected chi connectivity index (χ0v) is 11.8. The third kappa shape index (κ3) is 3.22. The average Bonchev–Trinajstić information content (AvgIpc) is 2.20. The summed E-state index contributed by atoms with van der Waals surface area (Å²) in [6, 6.07) is 4.23. The number of rotatable bonds is 4. The maximum Gasteiger partial charge on any atom is 0.324 e. The van der Waals surface area contributed by atoms with Crippen LogP contribution < -0.4 is 4.72 Å². The van der Waals surface area contributed by atoms with E-state index in [-0.39, 0.29) is 4.90 Å². The molecule has 100 valence electrons. The summed E-state index contributed by atoms with van der Waals surface area (Å²) in [5, 5.41) is 9.21. The second-order valence-electron chi connectivity index (χ2n) is 4.45. The highest BCUT2D eigenvalue weighted by Crippen LogP contribution is 2.21. The van der Waals surface area contributed by atoms with Crippen LogP contribution in [0.2, 0.25) is 5.02 Å². The molecule has 0 aliphatic heterocycles. The number of nitrogens with one attached hydrogen (secondary N) is 1. The number of carbonyl (C=O) groups is 1. The molecule has 0 aromatic heterocycles. The summed E-state index contributed by atoms with van der Waals surface area (Å²) in [5.74, 6) is -1.26. The van der Waals surface area contributed by atoms with E-state index in [1.807, 2.05) is 0 Å². The molecule has 0 amide bonds. The van der Waals surface area contributed by atoms with E-state index >= 15 is 0 Å². The Morgan fingerprint density at radius 3 is 2.39 bits per heavy atom. The van der Waals surface area contributed by atoms with Gasteiger partial charge in [0.15, 0.2) is 0 Å². The van der Waals surface area contributed by atoms with Gasteiger partial charge in [-0.1, -0.05) is 17.7 Å². The molecule has 1 aromatic carbocycles. The summed E-state index contributed by atoms with van der Waals surface area (Å²) in [5.41, 5.74) is -0.843. The van der Waals surface area contributed by atoms with E-state index < -0.39 is 21.5 Å². The molecule has 0 aliphatic carbocycles. The third-order valence-electron chi connectivity index (χ3n) is 2.38. The van der Waals surface area contributed by atoms with Crippen LogP contribution in [0.1, 0.15) is 19.4 Å². The Labute approximate surface area is 111 Å². The normalized spacial score (nSPS) is 12.4. The van der Waals surface area contributed by atoms with E-state index in [0.717, 1.165) is 5.56 Å². The van der Waals surface area contributed by atoms with Gasteiger partial charge in [0.25, 0.3) is 0 Å². The summed E-state index contributed by atoms with van der Waals surface area (Å²) in [6.45, 7) is 4.28. The number of aliphatic carboxylic acids is 1. The lowest BCUT2D eigenvalue weighted by atomic mass is 10.1. The van der Waals surface area contributed by atoms with Gasteiger partial charge >= 0.3 is 5.97 Å². The van der Waals surface area contributed by atoms with Crippen LogP contribution in [-0.4, -0.2) is 25.0 Å². The first-order valence-corrected chi connectivity index (χ1v) is 6.96. The first-order valence-electron chi connectivity index (χ1n) is 5.10. The zero-order valence-electron chi connectivity index (χ0n) is 10.2. The van der Waals surface area contributed by atoms with Crippen molar-refractivity contribution in [3.63, 3.8) is 0 Å². The smallest absolute Gasteiger partial charge is 0.324 e. The number of benzene rings is 1. The predicted octanol–water partition coefficient (Wildman–Crippen LogP) is 1.79. The number of carboxylic acids is 1. The number of hydrogen-bond donors (Lipinski definition) is 2. The largest absolute Gasteiger partial charge is 0.480 e. The Hall–Kier alpha value is -1.11. The van der Waals surface area contributed by atoms with Crippen molar-refractivity contribution < 1.29 is 18.3 Å². The number of hydrogen-bond acceptors (Lipinski definition) is 3. The third-order valence-corrected chi connectivity index (χ3v) is 4.44. The van der Waals surface area contributed by atoms with Crippen LogP contribution in [0.5, 0.6) is 0 Å². The molecular weight excluding hydrogens is 278 g/mol. The number of halogens is 1. The van der Waals surface area contributed by atoms with Crippen LogP contribution in [0.3, 0.4) is 0 Å². The van der Waals surface area contributed by atoms with Crippen molar-refractivity contribution in [2.45, 2.75) is 31.2 Å². The Morgan fingerprint density at radius 2 is 1.94 bits per heavy atom. The molecule has 0 atom stereocenters. The lowest BCUT2D eigenvalue weighted by molar-refractivity contribution is -0.142. The van der Waals surface area contributed by atoms with E-state index in [4.69, 9.17) is 16.7 Å². The van der Waals surface area contributed by atoms with Gasteiger partial charge in [-0.3, -0.25) is 4.79 Å². The van der Waals surface area contributed by atoms with E-state index in [1.165, 1.54) is 26.0 Å². The first kappa shape index (κ1) is 14.9. The quantitative estimate of drug-likeness (QED) is 0.886. The van der Waals surface area contributed by atoms with Gasteiger partial charge in [0, 0.05) is 5.02 Å². The molecule has 0 unspecified atom stereocenters. The Morgan fingerprint density at radius 1 is 1.39 bits per heavy atom. The Bertz CT molecular complexity index is 581. The van der Waals surface area contributed by atoms with Gasteiger partial charge in [0.1, 0.15) is 5.54 Å². The molecule has 0 spiro atoms. The molecule has 0 bridgehead atoms. The van der Waals surface area contributed by atoms with Crippen molar-refractivity contribution in [3.8, 4) is 0 Å². The van der Waals surface area contributed by atoms with Crippen molar-refractivity contribution >= 4 is 27.6 Å². The highest BCUT2D eigenvalue weighted by molar-refractivity contribution is 7.89. The summed E-state index contributed by atoms with van der Waals surface area (Å²) in [6.07, 6.45) is 0. The SMILES string of the molecule is Cc1ccc(S(=O)(=O)NC(C)(C)C(=O)O)cc1Cl. The average molecular weight is 292 g/mol. The fourth-order valence-corrected chi connectivity index (χ4v) is 2.82. The van der Waals surface area contributed by atoms with Crippen LogP contribution in [-0.2, 0) is 14.8 Å². The molecule has 2 N–H and O–H groups in total. The molecule has 18 heavy (non-hydrogen) atoms. The van der Waals surface area contributed by atoms with Gasteiger partial charge in [-0.05, 0) is 38.5 Å². The van der Waals surface area contributed by atoms with Crippen LogP contribution in [0.25, 0.3) is 0 Å². The topological polar surface area (TPSA) is 83.5 Å². The number of sulfonamides is 1. The number of aryl methyl sites for hydroxylation is 1. The van der Waals surface area contributed by atoms with Crippen molar-refractivity contribution in [2.75, 3.05) is 0 Å². The van der Waals surface area contributed by atoms with Crippen LogP contribution in [0.4, 0.5) is 0 Å². The highest BCUT2D eigenvalue weighted by atomic mass is 35.5. The first-order chi connectivity index (χ1) is 8.06. The predicted molar refractivity (Wildman–Crippen MR) is 68.2 cm³/mol. The summed E-state index contributed by atoms with van der Waals surface area (Å²) < 4.78 is 26.1. The van der Waals surface area contributed by atoms with Crippen LogP contribution in [0.15, 0.2) is 23.1 Å². The molecule has 0 heterocycles. The van der Waals surface area contributed by atoms with Gasteiger partial charge in [-0.25, -0.2) is 8.42 Å². The fourth-order valence-electron chi connectivity index (χ4n) is 1.18. The van der Waals surface area contributed by atoms with E-state index in [2.05, 4.69) is 4.72 Å². The minimum Gasteiger partial charge on any atom is -0.480 e. The minimum atomic E-state index is -3.92. The molecule has 0 radical (unpaired) electrons. The summed E-state index contributed by atoms with van der Waals surface area (Å²) >= 11 is 5.85.